The van der Waals surface area contributed by atoms with E-state index in [4.69, 9.17) is 4.42 Å². The molecule has 170 valence electrons. The first-order valence-electron chi connectivity index (χ1n) is 10.4. The van der Waals surface area contributed by atoms with Crippen LogP contribution in [0.15, 0.2) is 71.5 Å². The van der Waals surface area contributed by atoms with Crippen molar-refractivity contribution in [1.82, 2.24) is 4.98 Å². The summed E-state index contributed by atoms with van der Waals surface area (Å²) in [5, 5.41) is 14.3. The Hall–Kier alpha value is -4.47. The highest BCUT2D eigenvalue weighted by Crippen LogP contribution is 2.30. The Kier molecular flexibility index (Phi) is 5.33. The van der Waals surface area contributed by atoms with E-state index < -0.39 is 28.3 Å². The van der Waals surface area contributed by atoms with Gasteiger partial charge >= 0.3 is 17.4 Å². The van der Waals surface area contributed by atoms with Crippen molar-refractivity contribution >= 4 is 17.4 Å². The molecule has 0 spiro atoms. The number of nitrogens with one attached hydrogen (secondary N) is 1. The average Bonchev–Trinajstić information content (AvgIpc) is 3.44. The SMILES string of the molecule is O=C1C(Cc2ccco2)Nc2c(Cc3ccccc3F)nc(-c3cccc([N+](=O)[O-])c3F)c[n+]21. The molecule has 0 radical (unpaired) electrons. The van der Waals surface area contributed by atoms with Crippen LogP contribution in [0, 0.1) is 21.7 Å². The number of nitro benzene ring substituents is 1. The predicted molar refractivity (Wildman–Crippen MR) is 116 cm³/mol. The van der Waals surface area contributed by atoms with Gasteiger partial charge in [-0.2, -0.15) is 8.96 Å². The van der Waals surface area contributed by atoms with E-state index in [2.05, 4.69) is 10.3 Å². The third-order valence-electron chi connectivity index (χ3n) is 5.62. The molecule has 5 rings (SSSR count). The standard InChI is InChI=1S/C24H16F2N4O4/c25-17-8-2-1-5-14(17)11-18-23-28-19(12-15-6-4-10-34-15)24(31)29(23)13-20(27-18)16-7-3-9-21(22(16)26)30(32)33/h1-10,13,19H,11-12H2/p+1. The minimum atomic E-state index is -1.07. The molecule has 2 aromatic carbocycles. The van der Waals surface area contributed by atoms with Gasteiger partial charge in [0.05, 0.1) is 17.6 Å². The van der Waals surface area contributed by atoms with Crippen LogP contribution in [0.3, 0.4) is 0 Å². The number of furan rings is 1. The highest BCUT2D eigenvalue weighted by molar-refractivity contribution is 5.82. The molecular weight excluding hydrogens is 446 g/mol. The number of nitro groups is 1. The van der Waals surface area contributed by atoms with E-state index in [1.807, 2.05) is 0 Å². The van der Waals surface area contributed by atoms with Crippen LogP contribution >= 0.6 is 0 Å². The number of rotatable bonds is 6. The number of hydrogen-bond acceptors (Lipinski definition) is 6. The third-order valence-corrected chi connectivity index (χ3v) is 5.62. The Morgan fingerprint density at radius 2 is 1.94 bits per heavy atom. The summed E-state index contributed by atoms with van der Waals surface area (Å²) in [4.78, 5) is 28.1. The molecule has 4 aromatic rings. The number of benzene rings is 2. The van der Waals surface area contributed by atoms with E-state index in [0.717, 1.165) is 6.07 Å². The molecule has 8 nitrogen and oxygen atoms in total. The summed E-state index contributed by atoms with van der Waals surface area (Å²) in [5.74, 6) is -0.919. The fourth-order valence-electron chi connectivity index (χ4n) is 3.98. The number of carbonyl (C=O) groups excluding carboxylic acids is 1. The van der Waals surface area contributed by atoms with Gasteiger partial charge in [-0.3, -0.25) is 15.4 Å². The molecule has 1 N–H and O–H groups in total. The monoisotopic (exact) mass is 463 g/mol. The van der Waals surface area contributed by atoms with Crippen molar-refractivity contribution in [3.05, 3.63) is 106 Å². The van der Waals surface area contributed by atoms with Crippen LogP contribution in [0.2, 0.25) is 0 Å². The fraction of sp³-hybridized carbons (Fsp3) is 0.125. The maximum atomic E-state index is 14.9. The van der Waals surface area contributed by atoms with Gasteiger partial charge in [0.2, 0.25) is 11.9 Å². The van der Waals surface area contributed by atoms with Crippen LogP contribution in [0.1, 0.15) is 21.8 Å². The quantitative estimate of drug-likeness (QED) is 0.263. The number of aromatic nitrogens is 2. The minimum Gasteiger partial charge on any atom is -0.469 e. The molecule has 1 atom stereocenters. The van der Waals surface area contributed by atoms with Gasteiger partial charge in [-0.1, -0.05) is 24.3 Å². The smallest absolute Gasteiger partial charge is 0.359 e. The normalized spacial score (nSPS) is 14.6. The van der Waals surface area contributed by atoms with E-state index in [9.17, 15) is 23.7 Å². The highest BCUT2D eigenvalue weighted by atomic mass is 19.1. The summed E-state index contributed by atoms with van der Waals surface area (Å²) < 4.78 is 36.0. The summed E-state index contributed by atoms with van der Waals surface area (Å²) in [6.45, 7) is 0. The van der Waals surface area contributed by atoms with E-state index in [1.54, 1.807) is 30.3 Å². The summed E-state index contributed by atoms with van der Waals surface area (Å²) in [6, 6.07) is 12.6. The molecular formula is C24H17F2N4O4+. The van der Waals surface area contributed by atoms with Crippen molar-refractivity contribution in [2.45, 2.75) is 18.9 Å². The second-order valence-corrected chi connectivity index (χ2v) is 7.77. The molecule has 0 bridgehead atoms. The molecule has 1 aliphatic heterocycles. The molecule has 1 aliphatic rings. The van der Waals surface area contributed by atoms with Gasteiger partial charge < -0.3 is 4.42 Å². The lowest BCUT2D eigenvalue weighted by molar-refractivity contribution is -0.552. The summed E-state index contributed by atoms with van der Waals surface area (Å²) in [7, 11) is 0. The Bertz CT molecular complexity index is 1420. The number of carbonyl (C=O) groups is 1. The molecule has 0 fully saturated rings. The zero-order chi connectivity index (χ0) is 23.8. The van der Waals surface area contributed by atoms with Gasteiger partial charge in [0.1, 0.15) is 29.2 Å². The largest absolute Gasteiger partial charge is 0.469 e. The van der Waals surface area contributed by atoms with Crippen molar-refractivity contribution in [1.29, 1.82) is 0 Å². The lowest BCUT2D eigenvalue weighted by Gasteiger charge is -2.08. The third kappa shape index (κ3) is 3.79. The molecule has 0 saturated heterocycles. The molecule has 0 saturated carbocycles. The molecule has 0 aliphatic carbocycles. The first-order valence-corrected chi connectivity index (χ1v) is 10.4. The summed E-state index contributed by atoms with van der Waals surface area (Å²) in [6.07, 6.45) is 3.11. The Balaban J connectivity index is 1.63. The lowest BCUT2D eigenvalue weighted by atomic mass is 10.1. The van der Waals surface area contributed by atoms with Crippen molar-refractivity contribution in [3.8, 4) is 11.3 Å². The van der Waals surface area contributed by atoms with Crippen molar-refractivity contribution in [2.24, 2.45) is 0 Å². The minimum absolute atomic E-state index is 0.0140. The van der Waals surface area contributed by atoms with Crippen LogP contribution in [0.5, 0.6) is 0 Å². The van der Waals surface area contributed by atoms with Crippen LogP contribution < -0.4 is 9.88 Å². The number of hydrogen-bond donors (Lipinski definition) is 1. The second kappa shape index (κ2) is 8.47. The Morgan fingerprint density at radius 1 is 1.12 bits per heavy atom. The van der Waals surface area contributed by atoms with Gasteiger partial charge in [0.25, 0.3) is 0 Å². The summed E-state index contributed by atoms with van der Waals surface area (Å²) in [5.41, 5.74) is -0.200. The second-order valence-electron chi connectivity index (χ2n) is 7.77. The number of nitrogens with zero attached hydrogens (tertiary/aromatic N) is 3. The predicted octanol–water partition coefficient (Wildman–Crippen LogP) is 4.08. The zero-order valence-corrected chi connectivity index (χ0v) is 17.6. The van der Waals surface area contributed by atoms with Crippen LogP contribution in [-0.4, -0.2) is 21.9 Å². The molecule has 10 heteroatoms. The van der Waals surface area contributed by atoms with Crippen molar-refractivity contribution in [3.63, 3.8) is 0 Å². The molecule has 3 heterocycles. The molecule has 34 heavy (non-hydrogen) atoms. The first-order chi connectivity index (χ1) is 16.4. The van der Waals surface area contributed by atoms with Gasteiger partial charge in [-0.25, -0.2) is 14.2 Å². The van der Waals surface area contributed by atoms with E-state index in [0.29, 0.717) is 22.8 Å². The fourth-order valence-corrected chi connectivity index (χ4v) is 3.98. The number of anilines is 1. The Morgan fingerprint density at radius 3 is 2.68 bits per heavy atom. The van der Waals surface area contributed by atoms with Gasteiger partial charge in [0, 0.05) is 18.1 Å². The van der Waals surface area contributed by atoms with E-state index in [1.165, 1.54) is 35.2 Å². The first kappa shape index (κ1) is 21.4. The number of halogens is 2. The van der Waals surface area contributed by atoms with Crippen LogP contribution in [-0.2, 0) is 12.8 Å². The number of fused-ring (bicyclic) bond motifs is 1. The average molecular weight is 463 g/mol. The molecule has 0 amide bonds. The van der Waals surface area contributed by atoms with E-state index in [-0.39, 0.29) is 30.0 Å². The van der Waals surface area contributed by atoms with Gasteiger partial charge in [0.15, 0.2) is 0 Å². The van der Waals surface area contributed by atoms with Crippen LogP contribution in [0.25, 0.3) is 11.3 Å². The molecule has 1 unspecified atom stereocenters. The Labute approximate surface area is 191 Å². The van der Waals surface area contributed by atoms with E-state index >= 15 is 0 Å². The van der Waals surface area contributed by atoms with Gasteiger partial charge in [-0.15, -0.1) is 0 Å². The van der Waals surface area contributed by atoms with Crippen LogP contribution in [0.4, 0.5) is 20.3 Å². The van der Waals surface area contributed by atoms with Crippen molar-refractivity contribution in [2.75, 3.05) is 5.32 Å². The topological polar surface area (TPSA) is 102 Å². The summed E-state index contributed by atoms with van der Waals surface area (Å²) >= 11 is 0. The maximum Gasteiger partial charge on any atom is 0.359 e. The zero-order valence-electron chi connectivity index (χ0n) is 17.6. The van der Waals surface area contributed by atoms with Gasteiger partial charge in [-0.05, 0) is 29.8 Å². The highest BCUT2D eigenvalue weighted by Gasteiger charge is 2.42. The lowest BCUT2D eigenvalue weighted by Crippen LogP contribution is -2.44. The maximum absolute atomic E-state index is 14.9. The molecule has 2 aromatic heterocycles. The van der Waals surface area contributed by atoms with Crippen molar-refractivity contribution < 1.29 is 27.5 Å².